The summed E-state index contributed by atoms with van der Waals surface area (Å²) in [6, 6.07) is 10.5. The maximum Gasteiger partial charge on any atom is 0.315 e. The van der Waals surface area contributed by atoms with Crippen LogP contribution in [0.5, 0.6) is 11.5 Å². The Bertz CT molecular complexity index is 939. The Morgan fingerprint density at radius 2 is 1.69 bits per heavy atom. The largest absolute Gasteiger partial charge is 0.496 e. The van der Waals surface area contributed by atoms with Gasteiger partial charge in [0.2, 0.25) is 5.75 Å². The lowest BCUT2D eigenvalue weighted by atomic mass is 9.96. The number of nitro benzene ring substituents is 2. The van der Waals surface area contributed by atoms with Crippen molar-refractivity contribution in [1.29, 1.82) is 0 Å². The number of esters is 1. The minimum Gasteiger partial charge on any atom is -0.496 e. The molecule has 1 aliphatic heterocycles. The molecule has 0 atom stereocenters. The Morgan fingerprint density at radius 3 is 2.31 bits per heavy atom. The summed E-state index contributed by atoms with van der Waals surface area (Å²) in [5, 5.41) is 22.4. The molecule has 0 radical (unpaired) electrons. The molecule has 1 fully saturated rings. The molecule has 152 valence electrons. The summed E-state index contributed by atoms with van der Waals surface area (Å²) in [5.74, 6) is -0.854. The van der Waals surface area contributed by atoms with Gasteiger partial charge in [-0.05, 0) is 31.0 Å². The first kappa shape index (κ1) is 20.1. The topological polar surface area (TPSA) is 125 Å². The maximum absolute atomic E-state index is 12.5. The van der Waals surface area contributed by atoms with Gasteiger partial charge in [0.1, 0.15) is 11.4 Å². The van der Waals surface area contributed by atoms with E-state index in [0.29, 0.717) is 31.6 Å². The van der Waals surface area contributed by atoms with Crippen LogP contribution in [0.25, 0.3) is 0 Å². The van der Waals surface area contributed by atoms with Crippen LogP contribution in [0.15, 0.2) is 42.5 Å². The van der Waals surface area contributed by atoms with Crippen molar-refractivity contribution in [1.82, 2.24) is 0 Å². The number of methoxy groups -OCH3 is 1. The van der Waals surface area contributed by atoms with Crippen molar-refractivity contribution >= 4 is 23.0 Å². The number of hydrogen-bond donors (Lipinski definition) is 0. The lowest BCUT2D eigenvalue weighted by Gasteiger charge is -2.32. The van der Waals surface area contributed by atoms with Crippen LogP contribution in [0.3, 0.4) is 0 Å². The van der Waals surface area contributed by atoms with Crippen LogP contribution < -0.4 is 14.4 Å². The smallest absolute Gasteiger partial charge is 0.315 e. The Hall–Kier alpha value is -3.69. The minimum atomic E-state index is -0.637. The van der Waals surface area contributed by atoms with Crippen LogP contribution in [0.4, 0.5) is 17.1 Å². The molecule has 0 unspecified atom stereocenters. The monoisotopic (exact) mass is 401 g/mol. The third-order valence-electron chi connectivity index (χ3n) is 4.82. The van der Waals surface area contributed by atoms with Gasteiger partial charge >= 0.3 is 11.7 Å². The molecule has 1 saturated heterocycles. The van der Waals surface area contributed by atoms with Crippen LogP contribution >= 0.6 is 0 Å². The van der Waals surface area contributed by atoms with Gasteiger partial charge in [-0.2, -0.15) is 0 Å². The zero-order valence-corrected chi connectivity index (χ0v) is 15.6. The van der Waals surface area contributed by atoms with Crippen molar-refractivity contribution < 1.29 is 24.1 Å². The molecular formula is C19H19N3O7. The summed E-state index contributed by atoms with van der Waals surface area (Å²) in [4.78, 5) is 35.7. The van der Waals surface area contributed by atoms with E-state index in [9.17, 15) is 25.0 Å². The van der Waals surface area contributed by atoms with E-state index in [-0.39, 0.29) is 22.9 Å². The van der Waals surface area contributed by atoms with Gasteiger partial charge in [-0.3, -0.25) is 25.0 Å². The number of carbonyl (C=O) groups excluding carboxylic acids is 1. The first-order valence-corrected chi connectivity index (χ1v) is 8.93. The maximum atomic E-state index is 12.5. The fraction of sp³-hybridized carbons (Fsp3) is 0.316. The molecule has 1 heterocycles. The van der Waals surface area contributed by atoms with E-state index in [1.165, 1.54) is 31.4 Å². The van der Waals surface area contributed by atoms with Crippen molar-refractivity contribution in [2.45, 2.75) is 12.8 Å². The SMILES string of the molecule is COc1ccc(OC(=O)C2CCN(c3ccccc3[N+](=O)[O-])CC2)c([N+](=O)[O-])c1. The summed E-state index contributed by atoms with van der Waals surface area (Å²) >= 11 is 0. The molecule has 2 aromatic rings. The highest BCUT2D eigenvalue weighted by Gasteiger charge is 2.30. The standard InChI is InChI=1S/C19H19N3O7/c1-28-14-6-7-18(17(12-14)22(26)27)29-19(23)13-8-10-20(11-9-13)15-4-2-3-5-16(15)21(24)25/h2-7,12-13H,8-11H2,1H3. The molecule has 0 saturated carbocycles. The Kier molecular flexibility index (Phi) is 5.91. The molecule has 3 rings (SSSR count). The van der Waals surface area contributed by atoms with Crippen LogP contribution in [-0.4, -0.2) is 36.0 Å². The van der Waals surface area contributed by atoms with Gasteiger partial charge in [-0.1, -0.05) is 12.1 Å². The fourth-order valence-electron chi connectivity index (χ4n) is 3.29. The first-order valence-electron chi connectivity index (χ1n) is 8.93. The summed E-state index contributed by atoms with van der Waals surface area (Å²) in [7, 11) is 1.38. The number of rotatable bonds is 6. The summed E-state index contributed by atoms with van der Waals surface area (Å²) in [6.45, 7) is 0.880. The molecule has 0 bridgehead atoms. The molecule has 2 aromatic carbocycles. The number of benzene rings is 2. The van der Waals surface area contributed by atoms with E-state index in [1.807, 2.05) is 4.90 Å². The number of ether oxygens (including phenoxy) is 2. The van der Waals surface area contributed by atoms with E-state index >= 15 is 0 Å². The number of para-hydroxylation sites is 2. The van der Waals surface area contributed by atoms with Crippen LogP contribution in [-0.2, 0) is 4.79 Å². The van der Waals surface area contributed by atoms with Crippen molar-refractivity contribution in [3.8, 4) is 11.5 Å². The number of anilines is 1. The van der Waals surface area contributed by atoms with Crippen molar-refractivity contribution in [3.63, 3.8) is 0 Å². The number of piperidine rings is 1. The summed E-state index contributed by atoms with van der Waals surface area (Å²) in [5.41, 5.74) is 0.174. The van der Waals surface area contributed by atoms with E-state index in [4.69, 9.17) is 9.47 Å². The highest BCUT2D eigenvalue weighted by molar-refractivity contribution is 5.77. The highest BCUT2D eigenvalue weighted by Crippen LogP contribution is 2.34. The summed E-state index contributed by atoms with van der Waals surface area (Å²) < 4.78 is 10.2. The number of hydrogen-bond acceptors (Lipinski definition) is 8. The van der Waals surface area contributed by atoms with Gasteiger partial charge in [-0.25, -0.2) is 0 Å². The van der Waals surface area contributed by atoms with Gasteiger partial charge in [0, 0.05) is 19.2 Å². The lowest BCUT2D eigenvalue weighted by Crippen LogP contribution is -2.38. The third-order valence-corrected chi connectivity index (χ3v) is 4.82. The van der Waals surface area contributed by atoms with Crippen LogP contribution in [0, 0.1) is 26.1 Å². The van der Waals surface area contributed by atoms with Gasteiger partial charge in [0.05, 0.1) is 28.9 Å². The van der Waals surface area contributed by atoms with E-state index < -0.39 is 21.7 Å². The second-order valence-corrected chi connectivity index (χ2v) is 6.52. The third kappa shape index (κ3) is 4.42. The molecular weight excluding hydrogens is 382 g/mol. The zero-order chi connectivity index (χ0) is 21.0. The van der Waals surface area contributed by atoms with Gasteiger partial charge in [0.15, 0.2) is 0 Å². The molecule has 10 heteroatoms. The number of nitro groups is 2. The number of nitrogens with zero attached hydrogens (tertiary/aromatic N) is 3. The average molecular weight is 401 g/mol. The average Bonchev–Trinajstić information content (AvgIpc) is 2.74. The van der Waals surface area contributed by atoms with Gasteiger partial charge in [0.25, 0.3) is 5.69 Å². The fourth-order valence-corrected chi connectivity index (χ4v) is 3.29. The lowest BCUT2D eigenvalue weighted by molar-refractivity contribution is -0.385. The first-order chi connectivity index (χ1) is 13.9. The van der Waals surface area contributed by atoms with Crippen LogP contribution in [0.1, 0.15) is 12.8 Å². The summed E-state index contributed by atoms with van der Waals surface area (Å²) in [6.07, 6.45) is 0.851. The normalized spacial score (nSPS) is 14.3. The second kappa shape index (κ2) is 8.55. The molecule has 0 amide bonds. The zero-order valence-electron chi connectivity index (χ0n) is 15.6. The molecule has 10 nitrogen and oxygen atoms in total. The molecule has 0 aliphatic carbocycles. The Morgan fingerprint density at radius 1 is 1.03 bits per heavy atom. The minimum absolute atomic E-state index is 0.0161. The van der Waals surface area contributed by atoms with E-state index in [1.54, 1.807) is 18.2 Å². The van der Waals surface area contributed by atoms with Crippen molar-refractivity contribution in [2.24, 2.45) is 5.92 Å². The van der Waals surface area contributed by atoms with Crippen LogP contribution in [0.2, 0.25) is 0 Å². The predicted octanol–water partition coefficient (Wildman–Crippen LogP) is 3.33. The molecule has 29 heavy (non-hydrogen) atoms. The molecule has 0 spiro atoms. The van der Waals surface area contributed by atoms with Crippen molar-refractivity contribution in [3.05, 3.63) is 62.7 Å². The quantitative estimate of drug-likeness (QED) is 0.312. The Labute approximate surface area is 165 Å². The number of carbonyl (C=O) groups is 1. The van der Waals surface area contributed by atoms with E-state index in [2.05, 4.69) is 0 Å². The molecule has 0 N–H and O–H groups in total. The van der Waals surface area contributed by atoms with Gasteiger partial charge in [-0.15, -0.1) is 0 Å². The van der Waals surface area contributed by atoms with E-state index in [0.717, 1.165) is 0 Å². The molecule has 1 aliphatic rings. The van der Waals surface area contributed by atoms with Crippen molar-refractivity contribution in [2.75, 3.05) is 25.1 Å². The second-order valence-electron chi connectivity index (χ2n) is 6.52. The van der Waals surface area contributed by atoms with Gasteiger partial charge < -0.3 is 14.4 Å². The predicted molar refractivity (Wildman–Crippen MR) is 103 cm³/mol. The molecule has 0 aromatic heterocycles. The Balaban J connectivity index is 1.67. The highest BCUT2D eigenvalue weighted by atomic mass is 16.6.